The number of methoxy groups -OCH3 is 1. The zero-order chi connectivity index (χ0) is 22.8. The molecule has 0 bridgehead atoms. The second-order valence-electron chi connectivity index (χ2n) is 5.72. The molecule has 8 nitrogen and oxygen atoms in total. The highest BCUT2D eigenvalue weighted by Gasteiger charge is 2.35. The number of halogens is 5. The van der Waals surface area contributed by atoms with Crippen molar-refractivity contribution >= 4 is 17.6 Å². The van der Waals surface area contributed by atoms with Crippen molar-refractivity contribution < 1.29 is 36.9 Å². The number of rotatable bonds is 6. The van der Waals surface area contributed by atoms with Crippen LogP contribution in [0.25, 0.3) is 5.69 Å². The molecule has 1 aromatic carbocycles. The third kappa shape index (κ3) is 4.82. The minimum atomic E-state index is -4.98. The summed E-state index contributed by atoms with van der Waals surface area (Å²) in [5.41, 5.74) is -5.11. The first-order valence-corrected chi connectivity index (χ1v) is 8.24. The summed E-state index contributed by atoms with van der Waals surface area (Å²) in [6, 6.07) is 1.65. The first-order valence-electron chi connectivity index (χ1n) is 7.86. The molecule has 0 aliphatic rings. The van der Waals surface area contributed by atoms with Gasteiger partial charge in [0.05, 0.1) is 23.9 Å². The fourth-order valence-electron chi connectivity index (χ4n) is 2.37. The maximum Gasteiger partial charge on any atom is 0.431 e. The van der Waals surface area contributed by atoms with Crippen LogP contribution in [0, 0.1) is 5.82 Å². The fraction of sp³-hybridized carbons (Fsp3) is 0.235. The van der Waals surface area contributed by atoms with Gasteiger partial charge in [-0.15, -0.1) is 0 Å². The van der Waals surface area contributed by atoms with Crippen LogP contribution in [0.2, 0.25) is 5.02 Å². The molecule has 0 amide bonds. The van der Waals surface area contributed by atoms with Gasteiger partial charge in [0.15, 0.2) is 0 Å². The van der Waals surface area contributed by atoms with Gasteiger partial charge in [-0.1, -0.05) is 11.6 Å². The van der Waals surface area contributed by atoms with Gasteiger partial charge in [0, 0.05) is 19.2 Å². The van der Waals surface area contributed by atoms with Crippen molar-refractivity contribution in [2.24, 2.45) is 7.05 Å². The summed E-state index contributed by atoms with van der Waals surface area (Å²) in [5, 5.41) is 8.41. The highest BCUT2D eigenvalue weighted by molar-refractivity contribution is 6.32. The molecule has 162 valence electrons. The fourth-order valence-corrected chi connectivity index (χ4v) is 2.57. The van der Waals surface area contributed by atoms with Crippen LogP contribution in [0.5, 0.6) is 5.75 Å². The van der Waals surface area contributed by atoms with Crippen molar-refractivity contribution in [1.29, 1.82) is 0 Å². The molecule has 1 N–H and O–H groups in total. The topological polar surface area (TPSA) is 99.8 Å². The van der Waals surface area contributed by atoms with E-state index in [0.717, 1.165) is 13.1 Å². The number of carboxylic acid groups (broad SMARTS) is 1. The van der Waals surface area contributed by atoms with Crippen molar-refractivity contribution in [3.05, 3.63) is 67.4 Å². The standard InChI is InChI=1S/C17H13ClF4N2O6/c1-23-13(17(20,21)22)6-14(25)24(16(23)28)11-5-12(9(18)4-10(11)19)30-7-8(29-2)3-15(26)27/h3-6H,7H2,1-2H3,(H,26,27). The maximum absolute atomic E-state index is 14.4. The first-order chi connectivity index (χ1) is 13.9. The summed E-state index contributed by atoms with van der Waals surface area (Å²) in [7, 11) is 1.94. The molecular formula is C17H13ClF4N2O6. The smallest absolute Gasteiger partial charge is 0.431 e. The van der Waals surface area contributed by atoms with Crippen LogP contribution >= 0.6 is 11.6 Å². The third-order valence-electron chi connectivity index (χ3n) is 3.77. The first kappa shape index (κ1) is 23.0. The van der Waals surface area contributed by atoms with E-state index in [0.29, 0.717) is 12.1 Å². The number of carbonyl (C=O) groups is 1. The average Bonchev–Trinajstić information content (AvgIpc) is 2.63. The molecular weight excluding hydrogens is 440 g/mol. The van der Waals surface area contributed by atoms with Gasteiger partial charge < -0.3 is 14.6 Å². The monoisotopic (exact) mass is 452 g/mol. The Kier molecular flexibility index (Phi) is 6.60. The van der Waals surface area contributed by atoms with Crippen LogP contribution < -0.4 is 16.0 Å². The number of hydrogen-bond acceptors (Lipinski definition) is 5. The zero-order valence-corrected chi connectivity index (χ0v) is 16.0. The summed E-state index contributed by atoms with van der Waals surface area (Å²) < 4.78 is 63.6. The molecule has 2 rings (SSSR count). The van der Waals surface area contributed by atoms with Crippen LogP contribution in [-0.4, -0.2) is 33.9 Å². The Balaban J connectivity index is 2.58. The van der Waals surface area contributed by atoms with Crippen molar-refractivity contribution in [3.8, 4) is 11.4 Å². The lowest BCUT2D eigenvalue weighted by Gasteiger charge is -2.16. The highest BCUT2D eigenvalue weighted by atomic mass is 35.5. The minimum absolute atomic E-state index is 0.146. The van der Waals surface area contributed by atoms with Gasteiger partial charge >= 0.3 is 17.8 Å². The quantitative estimate of drug-likeness (QED) is 0.410. The molecule has 0 radical (unpaired) electrons. The molecule has 0 aliphatic heterocycles. The second kappa shape index (κ2) is 8.61. The van der Waals surface area contributed by atoms with Crippen LogP contribution in [0.1, 0.15) is 5.69 Å². The average molecular weight is 453 g/mol. The van der Waals surface area contributed by atoms with Crippen molar-refractivity contribution in [3.63, 3.8) is 0 Å². The summed E-state index contributed by atoms with van der Waals surface area (Å²) in [4.78, 5) is 35.2. The SMILES string of the molecule is COC(=CC(=O)O)COc1cc(-n2c(=O)cc(C(F)(F)F)n(C)c2=O)c(F)cc1Cl. The van der Waals surface area contributed by atoms with Gasteiger partial charge in [0.2, 0.25) is 0 Å². The largest absolute Gasteiger partial charge is 0.497 e. The Morgan fingerprint density at radius 2 is 1.90 bits per heavy atom. The van der Waals surface area contributed by atoms with Gasteiger partial charge in [-0.25, -0.2) is 18.5 Å². The van der Waals surface area contributed by atoms with E-state index in [1.807, 2.05) is 0 Å². The van der Waals surface area contributed by atoms with E-state index in [9.17, 15) is 31.9 Å². The summed E-state index contributed by atoms with van der Waals surface area (Å²) in [6.07, 6.45) is -4.29. The van der Waals surface area contributed by atoms with E-state index >= 15 is 0 Å². The highest BCUT2D eigenvalue weighted by Crippen LogP contribution is 2.30. The zero-order valence-electron chi connectivity index (χ0n) is 15.3. The molecule has 0 spiro atoms. The molecule has 0 unspecified atom stereocenters. The van der Waals surface area contributed by atoms with E-state index in [2.05, 4.69) is 0 Å². The molecule has 0 fully saturated rings. The van der Waals surface area contributed by atoms with E-state index in [1.165, 1.54) is 7.11 Å². The van der Waals surface area contributed by atoms with Crippen LogP contribution in [0.3, 0.4) is 0 Å². The number of benzene rings is 1. The second-order valence-corrected chi connectivity index (χ2v) is 6.13. The predicted octanol–water partition coefficient (Wildman–Crippen LogP) is 2.34. The predicted molar refractivity (Wildman–Crippen MR) is 95.5 cm³/mol. The number of hydrogen-bond donors (Lipinski definition) is 1. The number of nitrogens with zero attached hydrogens (tertiary/aromatic N) is 2. The lowest BCUT2D eigenvalue weighted by Crippen LogP contribution is -2.41. The Labute approximate surface area is 170 Å². The Hall–Kier alpha value is -3.28. The Bertz CT molecular complexity index is 1140. The minimum Gasteiger partial charge on any atom is -0.497 e. The van der Waals surface area contributed by atoms with Gasteiger partial charge in [0.1, 0.15) is 29.6 Å². The third-order valence-corrected chi connectivity index (χ3v) is 4.06. The number of alkyl halides is 3. The van der Waals surface area contributed by atoms with E-state index < -0.39 is 47.2 Å². The van der Waals surface area contributed by atoms with E-state index in [-0.39, 0.29) is 31.7 Å². The van der Waals surface area contributed by atoms with Crippen molar-refractivity contribution in [1.82, 2.24) is 9.13 Å². The summed E-state index contributed by atoms with van der Waals surface area (Å²) in [5.74, 6) is -2.94. The molecule has 0 saturated heterocycles. The summed E-state index contributed by atoms with van der Waals surface area (Å²) in [6.45, 7) is -0.465. The summed E-state index contributed by atoms with van der Waals surface area (Å²) >= 11 is 5.86. The molecule has 1 heterocycles. The molecule has 2 aromatic rings. The van der Waals surface area contributed by atoms with Gasteiger partial charge in [-0.3, -0.25) is 9.36 Å². The number of carboxylic acids is 1. The number of aliphatic carboxylic acids is 1. The molecule has 0 atom stereocenters. The number of aromatic nitrogens is 2. The Morgan fingerprint density at radius 3 is 2.43 bits per heavy atom. The lowest BCUT2D eigenvalue weighted by atomic mass is 10.2. The maximum atomic E-state index is 14.4. The van der Waals surface area contributed by atoms with Gasteiger partial charge in [-0.05, 0) is 6.07 Å². The van der Waals surface area contributed by atoms with E-state index in [4.69, 9.17) is 26.2 Å². The number of ether oxygens (including phenoxy) is 2. The van der Waals surface area contributed by atoms with Crippen molar-refractivity contribution in [2.75, 3.05) is 13.7 Å². The molecule has 0 saturated carbocycles. The molecule has 0 aliphatic carbocycles. The lowest BCUT2D eigenvalue weighted by molar-refractivity contribution is -0.144. The Morgan fingerprint density at radius 1 is 1.27 bits per heavy atom. The van der Waals surface area contributed by atoms with Crippen LogP contribution in [0.4, 0.5) is 17.6 Å². The van der Waals surface area contributed by atoms with Crippen molar-refractivity contribution in [2.45, 2.75) is 6.18 Å². The van der Waals surface area contributed by atoms with Crippen LogP contribution in [-0.2, 0) is 22.8 Å². The molecule has 13 heteroatoms. The van der Waals surface area contributed by atoms with Gasteiger partial charge in [0.25, 0.3) is 5.56 Å². The molecule has 30 heavy (non-hydrogen) atoms. The molecule has 1 aromatic heterocycles. The van der Waals surface area contributed by atoms with E-state index in [1.54, 1.807) is 0 Å². The normalized spacial score (nSPS) is 12.0. The van der Waals surface area contributed by atoms with Gasteiger partial charge in [-0.2, -0.15) is 13.2 Å². The van der Waals surface area contributed by atoms with Crippen LogP contribution in [0.15, 0.2) is 39.6 Å².